The largest absolute Gasteiger partial charge is 0.494 e. The predicted octanol–water partition coefficient (Wildman–Crippen LogP) is 4.84. The molecule has 1 aromatic heterocycles. The van der Waals surface area contributed by atoms with Gasteiger partial charge in [-0.05, 0) is 36.2 Å². The standard InChI is InChI=1S/C23H26N4O2/c1-2-3-4-8-15-29-20-13-11-18(12-14-20)17-24-27-23-25-21(16-22(28)26-23)19-9-6-5-7-10-19/h5-7,9-14,16-17H,2-4,8,15H2,1H3,(H2,25,26,27,28)/b24-17+. The van der Waals surface area contributed by atoms with E-state index in [2.05, 4.69) is 27.4 Å². The van der Waals surface area contributed by atoms with Crippen molar-refractivity contribution in [2.45, 2.75) is 32.6 Å². The lowest BCUT2D eigenvalue weighted by atomic mass is 10.1. The highest BCUT2D eigenvalue weighted by Crippen LogP contribution is 2.15. The molecule has 0 unspecified atom stereocenters. The van der Waals surface area contributed by atoms with Crippen LogP contribution in [0.25, 0.3) is 11.3 Å². The van der Waals surface area contributed by atoms with Gasteiger partial charge in [0.15, 0.2) is 0 Å². The van der Waals surface area contributed by atoms with Crippen molar-refractivity contribution in [2.24, 2.45) is 5.10 Å². The number of H-pyrrole nitrogens is 1. The number of hydrazone groups is 1. The number of nitrogens with zero attached hydrogens (tertiary/aromatic N) is 2. The molecule has 0 spiro atoms. The van der Waals surface area contributed by atoms with Gasteiger partial charge in [-0.3, -0.25) is 9.78 Å². The van der Waals surface area contributed by atoms with E-state index in [1.165, 1.54) is 25.3 Å². The third-order valence-electron chi connectivity index (χ3n) is 4.34. The number of benzene rings is 2. The highest BCUT2D eigenvalue weighted by Gasteiger charge is 2.03. The maximum absolute atomic E-state index is 11.9. The minimum absolute atomic E-state index is 0.239. The molecule has 0 aliphatic heterocycles. The number of hydrogen-bond donors (Lipinski definition) is 2. The predicted molar refractivity (Wildman–Crippen MR) is 118 cm³/mol. The number of rotatable bonds is 10. The molecule has 6 heteroatoms. The molecule has 0 saturated carbocycles. The van der Waals surface area contributed by atoms with Crippen LogP contribution in [0.2, 0.25) is 0 Å². The van der Waals surface area contributed by atoms with Gasteiger partial charge >= 0.3 is 0 Å². The monoisotopic (exact) mass is 390 g/mol. The van der Waals surface area contributed by atoms with Gasteiger partial charge in [0, 0.05) is 11.6 Å². The van der Waals surface area contributed by atoms with E-state index in [4.69, 9.17) is 4.74 Å². The van der Waals surface area contributed by atoms with Gasteiger partial charge in [-0.15, -0.1) is 0 Å². The van der Waals surface area contributed by atoms with E-state index in [0.29, 0.717) is 11.6 Å². The summed E-state index contributed by atoms with van der Waals surface area (Å²) >= 11 is 0. The molecule has 2 N–H and O–H groups in total. The zero-order valence-corrected chi connectivity index (χ0v) is 16.6. The van der Waals surface area contributed by atoms with Crippen LogP contribution in [-0.2, 0) is 0 Å². The van der Waals surface area contributed by atoms with E-state index in [-0.39, 0.29) is 5.56 Å². The molecule has 0 radical (unpaired) electrons. The van der Waals surface area contributed by atoms with Crippen LogP contribution in [0.3, 0.4) is 0 Å². The van der Waals surface area contributed by atoms with E-state index in [0.717, 1.165) is 29.9 Å². The summed E-state index contributed by atoms with van der Waals surface area (Å²) in [7, 11) is 0. The first-order valence-corrected chi connectivity index (χ1v) is 9.93. The van der Waals surface area contributed by atoms with Crippen molar-refractivity contribution in [1.82, 2.24) is 9.97 Å². The van der Waals surface area contributed by atoms with Crippen molar-refractivity contribution in [3.05, 3.63) is 76.6 Å². The third-order valence-corrected chi connectivity index (χ3v) is 4.34. The minimum atomic E-state index is -0.239. The Kier molecular flexibility index (Phi) is 7.57. The third kappa shape index (κ3) is 6.60. The molecule has 0 atom stereocenters. The van der Waals surface area contributed by atoms with Crippen LogP contribution in [0.1, 0.15) is 38.2 Å². The van der Waals surface area contributed by atoms with Gasteiger partial charge in [-0.1, -0.05) is 56.5 Å². The second kappa shape index (κ2) is 10.8. The van der Waals surface area contributed by atoms with Gasteiger partial charge in [-0.2, -0.15) is 5.10 Å². The average Bonchev–Trinajstić information content (AvgIpc) is 2.75. The molecule has 29 heavy (non-hydrogen) atoms. The Balaban J connectivity index is 1.56. The summed E-state index contributed by atoms with van der Waals surface area (Å²) in [4.78, 5) is 18.9. The lowest BCUT2D eigenvalue weighted by molar-refractivity contribution is 0.305. The summed E-state index contributed by atoms with van der Waals surface area (Å²) in [5, 5.41) is 4.16. The number of ether oxygens (including phenoxy) is 1. The molecule has 0 saturated heterocycles. The number of nitrogens with one attached hydrogen (secondary N) is 2. The average molecular weight is 390 g/mol. The van der Waals surface area contributed by atoms with Gasteiger partial charge in [-0.25, -0.2) is 10.4 Å². The molecule has 3 aromatic rings. The molecule has 1 heterocycles. The van der Waals surface area contributed by atoms with Crippen molar-refractivity contribution >= 4 is 12.2 Å². The van der Waals surface area contributed by atoms with Crippen LogP contribution in [0.5, 0.6) is 5.75 Å². The number of hydrogen-bond acceptors (Lipinski definition) is 5. The Bertz CT molecular complexity index is 966. The first-order chi connectivity index (χ1) is 14.2. The molecular formula is C23H26N4O2. The number of unbranched alkanes of at least 4 members (excludes halogenated alkanes) is 3. The topological polar surface area (TPSA) is 79.4 Å². The quantitative estimate of drug-likeness (QED) is 0.295. The fraction of sp³-hybridized carbons (Fsp3) is 0.261. The molecule has 0 fully saturated rings. The Morgan fingerprint density at radius 2 is 1.86 bits per heavy atom. The SMILES string of the molecule is CCCCCCOc1ccc(/C=N/Nc2nc(-c3ccccc3)cc(=O)[nH]2)cc1. The van der Waals surface area contributed by atoms with E-state index < -0.39 is 0 Å². The van der Waals surface area contributed by atoms with Gasteiger partial charge in [0.2, 0.25) is 5.95 Å². The first-order valence-electron chi connectivity index (χ1n) is 9.93. The summed E-state index contributed by atoms with van der Waals surface area (Å²) in [6, 6.07) is 18.7. The van der Waals surface area contributed by atoms with E-state index >= 15 is 0 Å². The van der Waals surface area contributed by atoms with Crippen molar-refractivity contribution in [2.75, 3.05) is 12.0 Å². The highest BCUT2D eigenvalue weighted by atomic mass is 16.5. The first kappa shape index (κ1) is 20.3. The molecular weight excluding hydrogens is 364 g/mol. The Hall–Kier alpha value is -3.41. The van der Waals surface area contributed by atoms with E-state index in [1.54, 1.807) is 6.21 Å². The maximum atomic E-state index is 11.9. The van der Waals surface area contributed by atoms with Crippen LogP contribution in [-0.4, -0.2) is 22.8 Å². The van der Waals surface area contributed by atoms with Crippen molar-refractivity contribution in [3.63, 3.8) is 0 Å². The van der Waals surface area contributed by atoms with Crippen LogP contribution in [0, 0.1) is 0 Å². The molecule has 2 aromatic carbocycles. The minimum Gasteiger partial charge on any atom is -0.494 e. The maximum Gasteiger partial charge on any atom is 0.252 e. The summed E-state index contributed by atoms with van der Waals surface area (Å²) in [6.07, 6.45) is 6.42. The molecule has 0 bridgehead atoms. The van der Waals surface area contributed by atoms with Crippen LogP contribution in [0.15, 0.2) is 70.6 Å². The number of aromatic nitrogens is 2. The Morgan fingerprint density at radius 1 is 1.07 bits per heavy atom. The Morgan fingerprint density at radius 3 is 2.62 bits per heavy atom. The summed E-state index contributed by atoms with van der Waals surface area (Å²) < 4.78 is 5.74. The molecule has 0 amide bonds. The van der Waals surface area contributed by atoms with E-state index in [1.807, 2.05) is 54.6 Å². The zero-order chi connectivity index (χ0) is 20.3. The fourth-order valence-corrected chi connectivity index (χ4v) is 2.80. The number of aromatic amines is 1. The Labute approximate surface area is 170 Å². The van der Waals surface area contributed by atoms with Crippen LogP contribution >= 0.6 is 0 Å². The second-order valence-electron chi connectivity index (χ2n) is 6.69. The van der Waals surface area contributed by atoms with Crippen LogP contribution in [0.4, 0.5) is 5.95 Å². The van der Waals surface area contributed by atoms with Gasteiger partial charge in [0.1, 0.15) is 5.75 Å². The van der Waals surface area contributed by atoms with Gasteiger partial charge in [0.05, 0.1) is 18.5 Å². The molecule has 150 valence electrons. The van der Waals surface area contributed by atoms with Gasteiger partial charge in [0.25, 0.3) is 5.56 Å². The summed E-state index contributed by atoms with van der Waals surface area (Å²) in [5.41, 5.74) is 4.92. The van der Waals surface area contributed by atoms with Gasteiger partial charge < -0.3 is 4.74 Å². The smallest absolute Gasteiger partial charge is 0.252 e. The summed E-state index contributed by atoms with van der Waals surface area (Å²) in [6.45, 7) is 2.94. The van der Waals surface area contributed by atoms with Crippen LogP contribution < -0.4 is 15.7 Å². The normalized spacial score (nSPS) is 10.9. The van der Waals surface area contributed by atoms with Crippen molar-refractivity contribution in [1.29, 1.82) is 0 Å². The molecule has 0 aliphatic rings. The fourth-order valence-electron chi connectivity index (χ4n) is 2.80. The van der Waals surface area contributed by atoms with Crippen molar-refractivity contribution < 1.29 is 4.74 Å². The second-order valence-corrected chi connectivity index (χ2v) is 6.69. The molecule has 3 rings (SSSR count). The number of anilines is 1. The van der Waals surface area contributed by atoms with Crippen molar-refractivity contribution in [3.8, 4) is 17.0 Å². The van der Waals surface area contributed by atoms with E-state index in [9.17, 15) is 4.79 Å². The lowest BCUT2D eigenvalue weighted by Crippen LogP contribution is -2.10. The summed E-state index contributed by atoms with van der Waals surface area (Å²) in [5.74, 6) is 1.15. The zero-order valence-electron chi connectivity index (χ0n) is 16.6. The highest BCUT2D eigenvalue weighted by molar-refractivity contribution is 5.80. The molecule has 6 nitrogen and oxygen atoms in total. The lowest BCUT2D eigenvalue weighted by Gasteiger charge is -2.06. The molecule has 0 aliphatic carbocycles.